The molecule has 4 nitrogen and oxygen atoms in total. The number of nitrogens with zero attached hydrogens (tertiary/aromatic N) is 3. The van der Waals surface area contributed by atoms with Crippen LogP contribution in [0.2, 0.25) is 0 Å². The molecular weight excluding hydrogens is 219 g/mol. The van der Waals surface area contributed by atoms with Gasteiger partial charge >= 0.3 is 0 Å². The molecule has 0 aliphatic heterocycles. The molecule has 1 atom stereocenters. The Morgan fingerprint density at radius 1 is 1.47 bits per heavy atom. The van der Waals surface area contributed by atoms with E-state index in [0.29, 0.717) is 13.0 Å². The van der Waals surface area contributed by atoms with Crippen LogP contribution in [0.15, 0.2) is 30.9 Å². The normalized spacial score (nSPS) is 12.6. The molecule has 0 aliphatic rings. The van der Waals surface area contributed by atoms with Gasteiger partial charge in [0.15, 0.2) is 0 Å². The fourth-order valence-electron chi connectivity index (χ4n) is 1.70. The van der Waals surface area contributed by atoms with Gasteiger partial charge in [0, 0.05) is 31.1 Å². The quantitative estimate of drug-likeness (QED) is 0.868. The van der Waals surface area contributed by atoms with E-state index in [9.17, 15) is 4.39 Å². The van der Waals surface area contributed by atoms with Crippen molar-refractivity contribution in [2.45, 2.75) is 25.9 Å². The van der Waals surface area contributed by atoms with Gasteiger partial charge in [-0.25, -0.2) is 9.37 Å². The second-order valence-corrected chi connectivity index (χ2v) is 4.16. The molecule has 2 rings (SSSR count). The highest BCUT2D eigenvalue weighted by Crippen LogP contribution is 2.07. The van der Waals surface area contributed by atoms with Crippen molar-refractivity contribution in [3.05, 3.63) is 48.1 Å². The van der Waals surface area contributed by atoms with Gasteiger partial charge in [-0.05, 0) is 18.6 Å². The number of hydrogen-bond donors (Lipinski definition) is 1. The molecule has 17 heavy (non-hydrogen) atoms. The Morgan fingerprint density at radius 3 is 3.00 bits per heavy atom. The highest BCUT2D eigenvalue weighted by Gasteiger charge is 2.06. The van der Waals surface area contributed by atoms with E-state index in [2.05, 4.69) is 9.97 Å². The summed E-state index contributed by atoms with van der Waals surface area (Å²) in [7, 11) is 0. The Balaban J connectivity index is 2.16. The maximum atomic E-state index is 13.0. The first-order valence-corrected chi connectivity index (χ1v) is 5.50. The zero-order valence-electron chi connectivity index (χ0n) is 9.68. The monoisotopic (exact) mass is 234 g/mol. The fourth-order valence-corrected chi connectivity index (χ4v) is 1.70. The first-order chi connectivity index (χ1) is 8.15. The molecule has 0 aliphatic carbocycles. The Bertz CT molecular complexity index is 493. The highest BCUT2D eigenvalue weighted by atomic mass is 19.1. The van der Waals surface area contributed by atoms with Crippen molar-refractivity contribution >= 4 is 0 Å². The number of nitrogens with two attached hydrogens (primary N) is 1. The lowest BCUT2D eigenvalue weighted by atomic mass is 10.2. The van der Waals surface area contributed by atoms with Gasteiger partial charge in [-0.1, -0.05) is 0 Å². The van der Waals surface area contributed by atoms with Crippen LogP contribution >= 0.6 is 0 Å². The Labute approximate surface area is 99.3 Å². The minimum absolute atomic E-state index is 0.0572. The van der Waals surface area contributed by atoms with Crippen molar-refractivity contribution in [3.8, 4) is 0 Å². The van der Waals surface area contributed by atoms with Gasteiger partial charge in [-0.15, -0.1) is 0 Å². The topological polar surface area (TPSA) is 56.7 Å². The van der Waals surface area contributed by atoms with Gasteiger partial charge in [0.2, 0.25) is 0 Å². The van der Waals surface area contributed by atoms with E-state index in [4.69, 9.17) is 5.73 Å². The second-order valence-electron chi connectivity index (χ2n) is 4.16. The number of imidazole rings is 1. The van der Waals surface area contributed by atoms with Gasteiger partial charge in [-0.3, -0.25) is 4.98 Å². The Morgan fingerprint density at radius 2 is 2.29 bits per heavy atom. The summed E-state index contributed by atoms with van der Waals surface area (Å²) in [5, 5.41) is 0. The number of hydrogen-bond acceptors (Lipinski definition) is 3. The summed E-state index contributed by atoms with van der Waals surface area (Å²) >= 11 is 0. The van der Waals surface area contributed by atoms with Crippen LogP contribution in [0.1, 0.15) is 18.3 Å². The molecule has 90 valence electrons. The van der Waals surface area contributed by atoms with Crippen molar-refractivity contribution in [1.82, 2.24) is 14.5 Å². The molecule has 2 N–H and O–H groups in total. The first-order valence-electron chi connectivity index (χ1n) is 5.50. The third kappa shape index (κ3) is 3.10. The number of aromatic nitrogens is 3. The standard InChI is InChI=1S/C12H15FN4/c1-9(14)4-12-16-2-3-17(12)8-10-5-11(13)7-15-6-10/h2-3,5-7,9H,4,8,14H2,1H3. The third-order valence-corrected chi connectivity index (χ3v) is 2.42. The maximum absolute atomic E-state index is 13.0. The van der Waals surface area contributed by atoms with Gasteiger partial charge in [-0.2, -0.15) is 0 Å². The minimum Gasteiger partial charge on any atom is -0.330 e. The number of pyridine rings is 1. The predicted molar refractivity (Wildman–Crippen MR) is 62.9 cm³/mol. The van der Waals surface area contributed by atoms with E-state index in [1.54, 1.807) is 12.4 Å². The molecule has 0 bridgehead atoms. The average molecular weight is 234 g/mol. The summed E-state index contributed by atoms with van der Waals surface area (Å²) < 4.78 is 15.0. The van der Waals surface area contributed by atoms with Gasteiger partial charge in [0.25, 0.3) is 0 Å². The van der Waals surface area contributed by atoms with Crippen molar-refractivity contribution in [3.63, 3.8) is 0 Å². The predicted octanol–water partition coefficient (Wildman–Crippen LogP) is 1.36. The maximum Gasteiger partial charge on any atom is 0.141 e. The van der Waals surface area contributed by atoms with Crippen molar-refractivity contribution in [1.29, 1.82) is 0 Å². The van der Waals surface area contributed by atoms with Crippen LogP contribution in [0.3, 0.4) is 0 Å². The third-order valence-electron chi connectivity index (χ3n) is 2.42. The zero-order valence-corrected chi connectivity index (χ0v) is 9.68. The lowest BCUT2D eigenvalue weighted by molar-refractivity contribution is 0.611. The van der Waals surface area contributed by atoms with E-state index >= 15 is 0 Å². The summed E-state index contributed by atoms with van der Waals surface area (Å²) in [6.07, 6.45) is 7.14. The van der Waals surface area contributed by atoms with Crippen LogP contribution in [0.5, 0.6) is 0 Å². The molecule has 0 spiro atoms. The molecule has 0 amide bonds. The molecule has 2 aromatic rings. The molecule has 2 heterocycles. The van der Waals surface area contributed by atoms with Crippen LogP contribution in [0.25, 0.3) is 0 Å². The molecule has 0 aromatic carbocycles. The largest absolute Gasteiger partial charge is 0.330 e. The molecule has 0 saturated heterocycles. The molecule has 2 aromatic heterocycles. The highest BCUT2D eigenvalue weighted by molar-refractivity contribution is 5.12. The molecular formula is C12H15FN4. The Kier molecular flexibility index (Phi) is 3.49. The molecule has 1 unspecified atom stereocenters. The summed E-state index contributed by atoms with van der Waals surface area (Å²) in [4.78, 5) is 8.07. The Hall–Kier alpha value is -1.75. The van der Waals surface area contributed by atoms with Crippen molar-refractivity contribution in [2.75, 3.05) is 0 Å². The van der Waals surface area contributed by atoms with Crippen molar-refractivity contribution in [2.24, 2.45) is 5.73 Å². The van der Waals surface area contributed by atoms with Crippen LogP contribution in [0.4, 0.5) is 4.39 Å². The van der Waals surface area contributed by atoms with Gasteiger partial charge < -0.3 is 10.3 Å². The molecule has 5 heteroatoms. The molecule has 0 fully saturated rings. The van der Waals surface area contributed by atoms with Crippen molar-refractivity contribution < 1.29 is 4.39 Å². The lowest BCUT2D eigenvalue weighted by Crippen LogP contribution is -2.20. The second kappa shape index (κ2) is 5.05. The summed E-state index contributed by atoms with van der Waals surface area (Å²) in [6.45, 7) is 2.50. The van der Waals surface area contributed by atoms with E-state index in [1.807, 2.05) is 17.7 Å². The zero-order chi connectivity index (χ0) is 12.3. The fraction of sp³-hybridized carbons (Fsp3) is 0.333. The minimum atomic E-state index is -0.323. The van der Waals surface area contributed by atoms with E-state index in [-0.39, 0.29) is 11.9 Å². The summed E-state index contributed by atoms with van der Waals surface area (Å²) in [6, 6.07) is 1.53. The van der Waals surface area contributed by atoms with Crippen LogP contribution < -0.4 is 5.73 Å². The summed E-state index contributed by atoms with van der Waals surface area (Å²) in [5.74, 6) is 0.584. The lowest BCUT2D eigenvalue weighted by Gasteiger charge is -2.09. The van der Waals surface area contributed by atoms with Crippen LogP contribution in [-0.2, 0) is 13.0 Å². The average Bonchev–Trinajstić information content (AvgIpc) is 2.65. The SMILES string of the molecule is CC(N)Cc1nccn1Cc1cncc(F)c1. The summed E-state index contributed by atoms with van der Waals surface area (Å²) in [5.41, 5.74) is 6.56. The van der Waals surface area contributed by atoms with E-state index in [0.717, 1.165) is 11.4 Å². The molecule has 0 radical (unpaired) electrons. The van der Waals surface area contributed by atoms with Crippen LogP contribution in [0, 0.1) is 5.82 Å². The van der Waals surface area contributed by atoms with Gasteiger partial charge in [0.05, 0.1) is 12.7 Å². The number of rotatable bonds is 4. The first kappa shape index (κ1) is 11.7. The number of halogens is 1. The van der Waals surface area contributed by atoms with Crippen LogP contribution in [-0.4, -0.2) is 20.6 Å². The van der Waals surface area contributed by atoms with Gasteiger partial charge in [0.1, 0.15) is 11.6 Å². The van der Waals surface area contributed by atoms with E-state index < -0.39 is 0 Å². The van der Waals surface area contributed by atoms with E-state index in [1.165, 1.54) is 12.3 Å². The molecule has 0 saturated carbocycles. The smallest absolute Gasteiger partial charge is 0.141 e.